The fraction of sp³-hybridized carbons (Fsp3) is 0.364. The van der Waals surface area contributed by atoms with E-state index in [2.05, 4.69) is 11.4 Å². The van der Waals surface area contributed by atoms with Gasteiger partial charge in [0.1, 0.15) is 6.04 Å². The van der Waals surface area contributed by atoms with Gasteiger partial charge in [0, 0.05) is 24.4 Å². The van der Waals surface area contributed by atoms with Crippen LogP contribution in [-0.4, -0.2) is 35.6 Å². The second kappa shape index (κ2) is 11.1. The molecule has 0 unspecified atom stereocenters. The molecular weight excluding hydrogens is 392 g/mol. The van der Waals surface area contributed by atoms with Crippen LogP contribution in [0.5, 0.6) is 0 Å². The first-order chi connectivity index (χ1) is 13.4. The first-order valence-corrected chi connectivity index (χ1v) is 10.9. The van der Waals surface area contributed by atoms with Crippen LogP contribution in [0.2, 0.25) is 5.02 Å². The second-order valence-electron chi connectivity index (χ2n) is 6.67. The van der Waals surface area contributed by atoms with E-state index in [4.69, 9.17) is 11.6 Å². The van der Waals surface area contributed by atoms with E-state index in [0.717, 1.165) is 22.4 Å². The van der Waals surface area contributed by atoms with E-state index < -0.39 is 6.04 Å². The largest absolute Gasteiger partial charge is 0.357 e. The first-order valence-electron chi connectivity index (χ1n) is 9.33. The summed E-state index contributed by atoms with van der Waals surface area (Å²) in [6.45, 7) is 4.37. The van der Waals surface area contributed by atoms with Gasteiger partial charge in [-0.15, -0.1) is 11.8 Å². The lowest BCUT2D eigenvalue weighted by Crippen LogP contribution is -2.48. The van der Waals surface area contributed by atoms with Crippen LogP contribution in [0.25, 0.3) is 0 Å². The Morgan fingerprint density at radius 2 is 1.86 bits per heavy atom. The van der Waals surface area contributed by atoms with Gasteiger partial charge in [-0.3, -0.25) is 9.59 Å². The van der Waals surface area contributed by atoms with E-state index in [1.54, 1.807) is 23.7 Å². The fourth-order valence-electron chi connectivity index (χ4n) is 3.01. The zero-order valence-corrected chi connectivity index (χ0v) is 18.1. The van der Waals surface area contributed by atoms with Crippen molar-refractivity contribution in [1.82, 2.24) is 10.2 Å². The number of aryl methyl sites for hydroxylation is 1. The van der Waals surface area contributed by atoms with Crippen LogP contribution in [-0.2, 0) is 21.9 Å². The Labute approximate surface area is 176 Å². The summed E-state index contributed by atoms with van der Waals surface area (Å²) in [7, 11) is 1.61. The molecule has 1 atom stereocenters. The Kier molecular flexibility index (Phi) is 8.87. The van der Waals surface area contributed by atoms with Crippen molar-refractivity contribution >= 4 is 35.2 Å². The van der Waals surface area contributed by atoms with Crippen LogP contribution < -0.4 is 5.32 Å². The average Bonchev–Trinajstić information content (AvgIpc) is 2.69. The molecule has 0 fully saturated rings. The van der Waals surface area contributed by atoms with E-state index in [1.165, 1.54) is 0 Å². The van der Waals surface area contributed by atoms with E-state index >= 15 is 0 Å². The molecule has 2 aromatic rings. The zero-order valence-electron chi connectivity index (χ0n) is 16.6. The number of nitrogens with zero attached hydrogens (tertiary/aromatic N) is 1. The molecule has 0 aliphatic rings. The van der Waals surface area contributed by atoms with Gasteiger partial charge in [0.2, 0.25) is 11.8 Å². The molecule has 2 amide bonds. The van der Waals surface area contributed by atoms with Crippen LogP contribution in [0, 0.1) is 6.92 Å². The maximum absolute atomic E-state index is 13.0. The molecule has 0 heterocycles. The van der Waals surface area contributed by atoms with Gasteiger partial charge in [-0.1, -0.05) is 60.5 Å². The summed E-state index contributed by atoms with van der Waals surface area (Å²) in [6, 6.07) is 15.2. The fourth-order valence-corrected chi connectivity index (χ4v) is 4.01. The molecule has 0 aromatic heterocycles. The minimum Gasteiger partial charge on any atom is -0.357 e. The number of hydrogen-bond donors (Lipinski definition) is 1. The lowest BCUT2D eigenvalue weighted by molar-refractivity contribution is -0.139. The van der Waals surface area contributed by atoms with Crippen molar-refractivity contribution in [3.05, 3.63) is 70.2 Å². The van der Waals surface area contributed by atoms with E-state index in [0.29, 0.717) is 23.7 Å². The predicted octanol–water partition coefficient (Wildman–Crippen LogP) is 4.44. The molecule has 0 saturated carbocycles. The number of halogens is 1. The SMILES string of the molecule is CC[C@H](C(=O)NC)N(Cc1cccc(C)c1)C(=O)CSCc1ccc(Cl)cc1. The summed E-state index contributed by atoms with van der Waals surface area (Å²) in [5, 5.41) is 3.38. The van der Waals surface area contributed by atoms with Crippen molar-refractivity contribution < 1.29 is 9.59 Å². The summed E-state index contributed by atoms with van der Waals surface area (Å²) in [6.07, 6.45) is 0.569. The number of rotatable bonds is 9. The predicted molar refractivity (Wildman–Crippen MR) is 117 cm³/mol. The lowest BCUT2D eigenvalue weighted by atomic mass is 10.1. The van der Waals surface area contributed by atoms with Crippen molar-refractivity contribution in [3.8, 4) is 0 Å². The molecule has 1 N–H and O–H groups in total. The van der Waals surface area contributed by atoms with Crippen LogP contribution in [0.3, 0.4) is 0 Å². The van der Waals surface area contributed by atoms with Crippen molar-refractivity contribution in [1.29, 1.82) is 0 Å². The number of likely N-dealkylation sites (N-methyl/N-ethyl adjacent to an activating group) is 1. The highest BCUT2D eigenvalue weighted by Crippen LogP contribution is 2.19. The standard InChI is InChI=1S/C22H27ClN2O2S/c1-4-20(22(27)24-3)25(13-18-7-5-6-16(2)12-18)21(26)15-28-14-17-8-10-19(23)11-9-17/h5-12,20H,4,13-15H2,1-3H3,(H,24,27)/t20-/m1/s1. The molecule has 28 heavy (non-hydrogen) atoms. The molecule has 6 heteroatoms. The second-order valence-corrected chi connectivity index (χ2v) is 8.09. The third kappa shape index (κ3) is 6.57. The topological polar surface area (TPSA) is 49.4 Å². The van der Waals surface area contributed by atoms with Gasteiger partial charge in [-0.25, -0.2) is 0 Å². The summed E-state index contributed by atoms with van der Waals surface area (Å²) >= 11 is 7.46. The van der Waals surface area contributed by atoms with E-state index in [1.807, 2.05) is 56.3 Å². The van der Waals surface area contributed by atoms with Gasteiger partial charge in [0.25, 0.3) is 0 Å². The smallest absolute Gasteiger partial charge is 0.242 e. The molecule has 4 nitrogen and oxygen atoms in total. The first kappa shape index (κ1) is 22.3. The number of nitrogens with one attached hydrogen (secondary N) is 1. The summed E-state index contributed by atoms with van der Waals surface area (Å²) in [5.74, 6) is 0.877. The Bertz CT molecular complexity index is 795. The van der Waals surface area contributed by atoms with E-state index in [9.17, 15) is 9.59 Å². The van der Waals surface area contributed by atoms with Gasteiger partial charge in [0.15, 0.2) is 0 Å². The summed E-state index contributed by atoms with van der Waals surface area (Å²) in [5.41, 5.74) is 3.28. The quantitative estimate of drug-likeness (QED) is 0.655. The van der Waals surface area contributed by atoms with Crippen molar-refractivity contribution in [2.45, 2.75) is 38.6 Å². The number of carbonyl (C=O) groups is 2. The highest BCUT2D eigenvalue weighted by molar-refractivity contribution is 7.99. The van der Waals surface area contributed by atoms with Crippen molar-refractivity contribution in [2.24, 2.45) is 0 Å². The molecule has 0 spiro atoms. The van der Waals surface area contributed by atoms with Crippen LogP contribution in [0.4, 0.5) is 0 Å². The van der Waals surface area contributed by atoms with Gasteiger partial charge >= 0.3 is 0 Å². The number of thioether (sulfide) groups is 1. The third-order valence-electron chi connectivity index (χ3n) is 4.48. The molecule has 0 aliphatic carbocycles. The van der Waals surface area contributed by atoms with Crippen LogP contribution >= 0.6 is 23.4 Å². The monoisotopic (exact) mass is 418 g/mol. The third-order valence-corrected chi connectivity index (χ3v) is 5.72. The average molecular weight is 419 g/mol. The molecule has 150 valence electrons. The molecule has 0 radical (unpaired) electrons. The number of amides is 2. The normalized spacial score (nSPS) is 11.7. The molecule has 0 bridgehead atoms. The Morgan fingerprint density at radius 1 is 1.14 bits per heavy atom. The summed E-state index contributed by atoms with van der Waals surface area (Å²) < 4.78 is 0. The van der Waals surface area contributed by atoms with Crippen molar-refractivity contribution in [3.63, 3.8) is 0 Å². The van der Waals surface area contributed by atoms with Gasteiger partial charge < -0.3 is 10.2 Å². The summed E-state index contributed by atoms with van der Waals surface area (Å²) in [4.78, 5) is 27.0. The lowest BCUT2D eigenvalue weighted by Gasteiger charge is -2.30. The van der Waals surface area contributed by atoms with E-state index in [-0.39, 0.29) is 11.8 Å². The molecule has 0 saturated heterocycles. The van der Waals surface area contributed by atoms with Crippen LogP contribution in [0.15, 0.2) is 48.5 Å². The molecule has 0 aliphatic heterocycles. The molecule has 2 rings (SSSR count). The molecule has 2 aromatic carbocycles. The molecular formula is C22H27ClN2O2S. The van der Waals surface area contributed by atoms with Gasteiger partial charge in [-0.2, -0.15) is 0 Å². The Morgan fingerprint density at radius 3 is 2.46 bits per heavy atom. The maximum Gasteiger partial charge on any atom is 0.242 e. The number of benzene rings is 2. The Balaban J connectivity index is 2.08. The van der Waals surface area contributed by atoms with Crippen LogP contribution in [0.1, 0.15) is 30.0 Å². The maximum atomic E-state index is 13.0. The van der Waals surface area contributed by atoms with Crippen molar-refractivity contribution in [2.75, 3.05) is 12.8 Å². The highest BCUT2D eigenvalue weighted by atomic mass is 35.5. The minimum atomic E-state index is -0.478. The minimum absolute atomic E-state index is 0.0316. The number of carbonyl (C=O) groups excluding carboxylic acids is 2. The number of hydrogen-bond acceptors (Lipinski definition) is 3. The Hall–Kier alpha value is -1.98. The zero-order chi connectivity index (χ0) is 20.5. The highest BCUT2D eigenvalue weighted by Gasteiger charge is 2.27. The van der Waals surface area contributed by atoms with Gasteiger partial charge in [-0.05, 0) is 36.6 Å². The van der Waals surface area contributed by atoms with Gasteiger partial charge in [0.05, 0.1) is 5.75 Å².